The second kappa shape index (κ2) is 2.12. The van der Waals surface area contributed by atoms with Gasteiger partial charge in [-0.25, -0.2) is 4.79 Å². The summed E-state index contributed by atoms with van der Waals surface area (Å²) in [6.07, 6.45) is 2.89. The molecule has 1 atom stereocenters. The molecule has 1 rings (SSSR count). The van der Waals surface area contributed by atoms with Crippen molar-refractivity contribution >= 4 is 5.94 Å². The van der Waals surface area contributed by atoms with Crippen LogP contribution in [0.3, 0.4) is 0 Å². The van der Waals surface area contributed by atoms with Crippen molar-refractivity contribution in [1.29, 1.82) is 0 Å². The Morgan fingerprint density at radius 3 is 2.75 bits per heavy atom. The molecule has 2 heteroatoms. The highest BCUT2D eigenvalue weighted by molar-refractivity contribution is 5.55. The van der Waals surface area contributed by atoms with Gasteiger partial charge in [0.05, 0.1) is 0 Å². The minimum absolute atomic E-state index is 0.0208. The highest BCUT2D eigenvalue weighted by Crippen LogP contribution is 2.19. The third-order valence-corrected chi connectivity index (χ3v) is 1.54. The number of rotatable bonds is 0. The summed E-state index contributed by atoms with van der Waals surface area (Å²) in [4.78, 5) is 9.98. The van der Waals surface area contributed by atoms with E-state index < -0.39 is 0 Å². The number of nitrogens with two attached hydrogens (primary N) is 1. The first-order valence-electron chi connectivity index (χ1n) is 2.84. The molecule has 1 unspecified atom stereocenters. The monoisotopic (exact) mass is 111 g/mol. The van der Waals surface area contributed by atoms with Gasteiger partial charge >= 0.3 is 0 Å². The lowest BCUT2D eigenvalue weighted by Gasteiger charge is -1.95. The Labute approximate surface area is 48.4 Å². The maximum Gasteiger partial charge on any atom is 0.125 e. The fourth-order valence-corrected chi connectivity index (χ4v) is 0.999. The van der Waals surface area contributed by atoms with Crippen LogP contribution in [-0.2, 0) is 4.79 Å². The van der Waals surface area contributed by atoms with Crippen molar-refractivity contribution in [1.82, 2.24) is 0 Å². The summed E-state index contributed by atoms with van der Waals surface area (Å²) in [6.45, 7) is 0. The normalized spacial score (nSPS) is 28.1. The number of hydrogen-bond acceptors (Lipinski definition) is 2. The van der Waals surface area contributed by atoms with Crippen LogP contribution < -0.4 is 5.73 Å². The quantitative estimate of drug-likeness (QED) is 0.455. The van der Waals surface area contributed by atoms with Crippen molar-refractivity contribution in [3.8, 4) is 0 Å². The molecule has 0 saturated heterocycles. The SMILES string of the molecule is NC1CCCC1=C=O. The van der Waals surface area contributed by atoms with Crippen molar-refractivity contribution in [2.75, 3.05) is 0 Å². The predicted octanol–water partition coefficient (Wildman–Crippen LogP) is 0.256. The minimum atomic E-state index is 0.0208. The Hall–Kier alpha value is -0.590. The molecule has 0 heterocycles. The van der Waals surface area contributed by atoms with Gasteiger partial charge in [0.1, 0.15) is 5.94 Å². The van der Waals surface area contributed by atoms with Crippen molar-refractivity contribution in [3.63, 3.8) is 0 Å². The topological polar surface area (TPSA) is 43.1 Å². The Balaban J connectivity index is 2.68. The zero-order valence-electron chi connectivity index (χ0n) is 4.68. The fourth-order valence-electron chi connectivity index (χ4n) is 0.999. The van der Waals surface area contributed by atoms with E-state index in [9.17, 15) is 4.79 Å². The second-order valence-electron chi connectivity index (χ2n) is 2.13. The lowest BCUT2D eigenvalue weighted by Crippen LogP contribution is -2.16. The fraction of sp³-hybridized carbons (Fsp3) is 0.667. The smallest absolute Gasteiger partial charge is 0.125 e. The zero-order chi connectivity index (χ0) is 5.98. The third-order valence-electron chi connectivity index (χ3n) is 1.54. The van der Waals surface area contributed by atoms with Crippen LogP contribution in [0.1, 0.15) is 19.3 Å². The first-order chi connectivity index (χ1) is 3.84. The van der Waals surface area contributed by atoms with E-state index in [1.807, 2.05) is 5.94 Å². The molecular formula is C6H9NO. The standard InChI is InChI=1S/C6H9NO/c7-6-3-1-2-5(6)4-8/h6H,1-3,7H2. The molecule has 1 saturated carbocycles. The summed E-state index contributed by atoms with van der Waals surface area (Å²) in [7, 11) is 0. The molecule has 1 aliphatic rings. The zero-order valence-corrected chi connectivity index (χ0v) is 4.68. The van der Waals surface area contributed by atoms with E-state index in [0.29, 0.717) is 0 Å². The maximum absolute atomic E-state index is 9.98. The third kappa shape index (κ3) is 0.808. The highest BCUT2D eigenvalue weighted by atomic mass is 16.1. The van der Waals surface area contributed by atoms with Crippen molar-refractivity contribution in [2.45, 2.75) is 25.3 Å². The molecule has 0 aromatic rings. The molecule has 1 fully saturated rings. The molecule has 0 aromatic heterocycles. The average molecular weight is 111 g/mol. The van der Waals surface area contributed by atoms with Crippen molar-refractivity contribution < 1.29 is 4.79 Å². The summed E-state index contributed by atoms with van der Waals surface area (Å²) < 4.78 is 0. The van der Waals surface area contributed by atoms with Crippen LogP contribution in [0.5, 0.6) is 0 Å². The molecule has 0 spiro atoms. The molecule has 0 aromatic carbocycles. The molecule has 2 N–H and O–H groups in total. The van der Waals surface area contributed by atoms with Crippen LogP contribution in [0.25, 0.3) is 0 Å². The molecule has 0 aliphatic heterocycles. The second-order valence-corrected chi connectivity index (χ2v) is 2.13. The van der Waals surface area contributed by atoms with Gasteiger partial charge in [-0.2, -0.15) is 0 Å². The molecule has 8 heavy (non-hydrogen) atoms. The Kier molecular flexibility index (Phi) is 1.47. The van der Waals surface area contributed by atoms with Gasteiger partial charge in [-0.1, -0.05) is 0 Å². The lowest BCUT2D eigenvalue weighted by atomic mass is 10.2. The van der Waals surface area contributed by atoms with Gasteiger partial charge in [-0.3, -0.25) is 0 Å². The Morgan fingerprint density at radius 1 is 1.75 bits per heavy atom. The summed E-state index contributed by atoms with van der Waals surface area (Å²) in [5.41, 5.74) is 6.26. The van der Waals surface area contributed by atoms with Gasteiger partial charge in [-0.05, 0) is 19.3 Å². The molecule has 44 valence electrons. The van der Waals surface area contributed by atoms with Gasteiger partial charge in [-0.15, -0.1) is 0 Å². The molecule has 0 bridgehead atoms. The van der Waals surface area contributed by atoms with E-state index in [1.54, 1.807) is 0 Å². The number of carbonyl (C=O) groups excluding carboxylic acids is 1. The summed E-state index contributed by atoms with van der Waals surface area (Å²) in [5, 5.41) is 0. The van der Waals surface area contributed by atoms with Crippen LogP contribution in [0.2, 0.25) is 0 Å². The molecule has 0 amide bonds. The Morgan fingerprint density at radius 2 is 2.50 bits per heavy atom. The van der Waals surface area contributed by atoms with E-state index in [0.717, 1.165) is 24.8 Å². The van der Waals surface area contributed by atoms with Gasteiger partial charge in [0, 0.05) is 11.6 Å². The maximum atomic E-state index is 9.98. The summed E-state index contributed by atoms with van der Waals surface area (Å²) in [6, 6.07) is 0.0208. The van der Waals surface area contributed by atoms with Crippen molar-refractivity contribution in [3.05, 3.63) is 5.57 Å². The van der Waals surface area contributed by atoms with Gasteiger partial charge in [0.15, 0.2) is 0 Å². The summed E-state index contributed by atoms with van der Waals surface area (Å²) >= 11 is 0. The molecule has 1 aliphatic carbocycles. The van der Waals surface area contributed by atoms with Crippen LogP contribution >= 0.6 is 0 Å². The first kappa shape index (κ1) is 5.54. The van der Waals surface area contributed by atoms with Crippen LogP contribution in [0.15, 0.2) is 5.57 Å². The van der Waals surface area contributed by atoms with E-state index in [4.69, 9.17) is 5.73 Å². The molecule has 0 radical (unpaired) electrons. The van der Waals surface area contributed by atoms with Crippen LogP contribution in [-0.4, -0.2) is 12.0 Å². The van der Waals surface area contributed by atoms with E-state index in [1.165, 1.54) is 0 Å². The number of hydrogen-bond donors (Lipinski definition) is 1. The van der Waals surface area contributed by atoms with Crippen LogP contribution in [0, 0.1) is 0 Å². The Bertz CT molecular complexity index is 135. The van der Waals surface area contributed by atoms with E-state index >= 15 is 0 Å². The lowest BCUT2D eigenvalue weighted by molar-refractivity contribution is 0.565. The summed E-state index contributed by atoms with van der Waals surface area (Å²) in [5.74, 6) is 1.86. The van der Waals surface area contributed by atoms with Gasteiger partial charge in [0.25, 0.3) is 0 Å². The minimum Gasteiger partial charge on any atom is -0.324 e. The van der Waals surface area contributed by atoms with Crippen molar-refractivity contribution in [2.24, 2.45) is 5.73 Å². The van der Waals surface area contributed by atoms with E-state index in [-0.39, 0.29) is 6.04 Å². The molecular weight excluding hydrogens is 102 g/mol. The van der Waals surface area contributed by atoms with Gasteiger partial charge in [0.2, 0.25) is 0 Å². The molecule has 2 nitrogen and oxygen atoms in total. The first-order valence-corrected chi connectivity index (χ1v) is 2.84. The average Bonchev–Trinajstić information content (AvgIpc) is 2.14. The van der Waals surface area contributed by atoms with Gasteiger partial charge < -0.3 is 5.73 Å². The largest absolute Gasteiger partial charge is 0.324 e. The highest BCUT2D eigenvalue weighted by Gasteiger charge is 2.16. The van der Waals surface area contributed by atoms with Crippen LogP contribution in [0.4, 0.5) is 0 Å². The van der Waals surface area contributed by atoms with E-state index in [2.05, 4.69) is 0 Å². The predicted molar refractivity (Wildman–Crippen MR) is 31.0 cm³/mol.